The standard InChI is InChI=1S/C15H22N2O/c1-5-15(18)16-12-11-14(17(2,3)4)13-9-7-6-8-10-13/h5-10,14H,1,11-12H2,2-4H3/p+1. The van der Waals surface area contributed by atoms with Gasteiger partial charge in [0.25, 0.3) is 0 Å². The maximum Gasteiger partial charge on any atom is 0.243 e. The highest BCUT2D eigenvalue weighted by molar-refractivity contribution is 5.86. The van der Waals surface area contributed by atoms with Crippen molar-refractivity contribution in [2.24, 2.45) is 0 Å². The van der Waals surface area contributed by atoms with Crippen LogP contribution in [-0.2, 0) is 4.79 Å². The summed E-state index contributed by atoms with van der Waals surface area (Å²) in [5, 5.41) is 2.84. The molecule has 0 bridgehead atoms. The van der Waals surface area contributed by atoms with E-state index in [9.17, 15) is 4.79 Å². The molecule has 0 saturated heterocycles. The molecule has 1 unspecified atom stereocenters. The number of amides is 1. The molecule has 1 amide bonds. The molecule has 3 heteroatoms. The highest BCUT2D eigenvalue weighted by Gasteiger charge is 2.25. The number of hydrogen-bond acceptors (Lipinski definition) is 1. The van der Waals surface area contributed by atoms with Gasteiger partial charge in [-0.05, 0) is 6.08 Å². The third-order valence-corrected chi connectivity index (χ3v) is 3.02. The summed E-state index contributed by atoms with van der Waals surface area (Å²) in [7, 11) is 6.52. The van der Waals surface area contributed by atoms with Crippen LogP contribution in [0.25, 0.3) is 0 Å². The molecule has 1 atom stereocenters. The van der Waals surface area contributed by atoms with E-state index >= 15 is 0 Å². The molecule has 0 radical (unpaired) electrons. The van der Waals surface area contributed by atoms with Gasteiger partial charge in [-0.1, -0.05) is 36.9 Å². The second-order valence-corrected chi connectivity index (χ2v) is 5.33. The first-order chi connectivity index (χ1) is 8.45. The molecule has 1 rings (SSSR count). The Morgan fingerprint density at radius 3 is 2.44 bits per heavy atom. The van der Waals surface area contributed by atoms with Gasteiger partial charge in [-0.3, -0.25) is 4.79 Å². The Labute approximate surface area is 110 Å². The van der Waals surface area contributed by atoms with Gasteiger partial charge in [-0.25, -0.2) is 0 Å². The molecular formula is C15H23N2O+. The Hall–Kier alpha value is -1.61. The van der Waals surface area contributed by atoms with E-state index in [1.165, 1.54) is 11.6 Å². The number of carbonyl (C=O) groups excluding carboxylic acids is 1. The van der Waals surface area contributed by atoms with Crippen LogP contribution < -0.4 is 5.32 Å². The smallest absolute Gasteiger partial charge is 0.243 e. The van der Waals surface area contributed by atoms with E-state index in [1.54, 1.807) is 0 Å². The number of nitrogens with one attached hydrogen (secondary N) is 1. The molecule has 1 N–H and O–H groups in total. The zero-order valence-electron chi connectivity index (χ0n) is 11.5. The molecule has 0 aliphatic carbocycles. The van der Waals surface area contributed by atoms with Crippen LogP contribution in [0.4, 0.5) is 0 Å². The Morgan fingerprint density at radius 2 is 1.94 bits per heavy atom. The molecule has 98 valence electrons. The quantitative estimate of drug-likeness (QED) is 0.605. The van der Waals surface area contributed by atoms with E-state index < -0.39 is 0 Å². The van der Waals surface area contributed by atoms with Gasteiger partial charge >= 0.3 is 0 Å². The summed E-state index contributed by atoms with van der Waals surface area (Å²) < 4.78 is 0.841. The summed E-state index contributed by atoms with van der Waals surface area (Å²) in [5.74, 6) is -0.108. The van der Waals surface area contributed by atoms with Crippen molar-refractivity contribution in [2.75, 3.05) is 27.7 Å². The van der Waals surface area contributed by atoms with Crippen LogP contribution >= 0.6 is 0 Å². The molecule has 18 heavy (non-hydrogen) atoms. The number of quaternary nitrogens is 1. The fourth-order valence-corrected chi connectivity index (χ4v) is 2.08. The number of hydrogen-bond donors (Lipinski definition) is 1. The van der Waals surface area contributed by atoms with Gasteiger partial charge < -0.3 is 9.80 Å². The van der Waals surface area contributed by atoms with Crippen molar-refractivity contribution in [1.82, 2.24) is 5.32 Å². The van der Waals surface area contributed by atoms with Crippen molar-refractivity contribution >= 4 is 5.91 Å². The highest BCUT2D eigenvalue weighted by atomic mass is 16.1. The van der Waals surface area contributed by atoms with Gasteiger partial charge in [0, 0.05) is 18.5 Å². The normalized spacial score (nSPS) is 12.8. The van der Waals surface area contributed by atoms with E-state index in [0.717, 1.165) is 10.9 Å². The predicted molar refractivity (Wildman–Crippen MR) is 75.0 cm³/mol. The minimum absolute atomic E-state index is 0.108. The molecule has 0 aromatic heterocycles. The zero-order valence-corrected chi connectivity index (χ0v) is 11.5. The monoisotopic (exact) mass is 247 g/mol. The third kappa shape index (κ3) is 4.34. The van der Waals surface area contributed by atoms with Crippen LogP contribution in [0, 0.1) is 0 Å². The van der Waals surface area contributed by atoms with Gasteiger partial charge in [0.2, 0.25) is 5.91 Å². The summed E-state index contributed by atoms with van der Waals surface area (Å²) >= 11 is 0. The Balaban J connectivity index is 2.69. The molecule has 0 spiro atoms. The van der Waals surface area contributed by atoms with E-state index in [-0.39, 0.29) is 5.91 Å². The van der Waals surface area contributed by atoms with Crippen molar-refractivity contribution in [1.29, 1.82) is 0 Å². The molecule has 3 nitrogen and oxygen atoms in total. The lowest BCUT2D eigenvalue weighted by Gasteiger charge is -2.34. The SMILES string of the molecule is C=CC(=O)NCCC(c1ccccc1)[N+](C)(C)C. The van der Waals surface area contributed by atoms with Crippen LogP contribution in [0.1, 0.15) is 18.0 Å². The summed E-state index contributed by atoms with van der Waals surface area (Å²) in [6, 6.07) is 10.8. The lowest BCUT2D eigenvalue weighted by Crippen LogP contribution is -2.40. The predicted octanol–water partition coefficient (Wildman–Crippen LogP) is 2.13. The van der Waals surface area contributed by atoms with Crippen LogP contribution in [0.3, 0.4) is 0 Å². The summed E-state index contributed by atoms with van der Waals surface area (Å²) in [6.07, 6.45) is 2.22. The molecule has 1 aromatic carbocycles. The molecule has 0 fully saturated rings. The maximum absolute atomic E-state index is 11.1. The highest BCUT2D eigenvalue weighted by Crippen LogP contribution is 2.25. The molecule has 0 aliphatic rings. The first-order valence-electron chi connectivity index (χ1n) is 6.21. The largest absolute Gasteiger partial charge is 0.352 e. The van der Waals surface area contributed by atoms with Crippen molar-refractivity contribution in [2.45, 2.75) is 12.5 Å². The van der Waals surface area contributed by atoms with E-state index in [0.29, 0.717) is 12.6 Å². The summed E-state index contributed by atoms with van der Waals surface area (Å²) in [5.41, 5.74) is 1.30. The van der Waals surface area contributed by atoms with Crippen LogP contribution in [0.2, 0.25) is 0 Å². The fraction of sp³-hybridized carbons (Fsp3) is 0.400. The number of rotatable bonds is 6. The second kappa shape index (κ2) is 6.36. The van der Waals surface area contributed by atoms with Gasteiger partial charge in [-0.2, -0.15) is 0 Å². The van der Waals surface area contributed by atoms with E-state index in [1.807, 2.05) is 6.07 Å². The fourth-order valence-electron chi connectivity index (χ4n) is 2.08. The topological polar surface area (TPSA) is 29.1 Å². The van der Waals surface area contributed by atoms with Crippen LogP contribution in [-0.4, -0.2) is 38.1 Å². The Kier molecular flexibility index (Phi) is 5.10. The van der Waals surface area contributed by atoms with Gasteiger partial charge in [0.1, 0.15) is 6.04 Å². The van der Waals surface area contributed by atoms with Crippen LogP contribution in [0.5, 0.6) is 0 Å². The maximum atomic E-state index is 11.1. The molecule has 1 aromatic rings. The zero-order chi connectivity index (χ0) is 13.6. The number of benzene rings is 1. The van der Waals surface area contributed by atoms with Gasteiger partial charge in [-0.15, -0.1) is 0 Å². The lowest BCUT2D eigenvalue weighted by atomic mass is 10.0. The number of nitrogens with zero attached hydrogens (tertiary/aromatic N) is 1. The van der Waals surface area contributed by atoms with E-state index in [2.05, 4.69) is 57.3 Å². The third-order valence-electron chi connectivity index (χ3n) is 3.02. The average Bonchev–Trinajstić information content (AvgIpc) is 2.33. The molecule has 0 saturated carbocycles. The molecule has 0 aliphatic heterocycles. The molecular weight excluding hydrogens is 224 g/mol. The Bertz CT molecular complexity index is 393. The minimum Gasteiger partial charge on any atom is -0.352 e. The van der Waals surface area contributed by atoms with Gasteiger partial charge in [0.05, 0.1) is 21.1 Å². The Morgan fingerprint density at radius 1 is 1.33 bits per heavy atom. The second-order valence-electron chi connectivity index (χ2n) is 5.33. The lowest BCUT2D eigenvalue weighted by molar-refractivity contribution is -0.902. The van der Waals surface area contributed by atoms with Crippen molar-refractivity contribution in [3.63, 3.8) is 0 Å². The van der Waals surface area contributed by atoms with Crippen LogP contribution in [0.15, 0.2) is 43.0 Å². The number of carbonyl (C=O) groups is 1. The van der Waals surface area contributed by atoms with Crippen molar-refractivity contribution < 1.29 is 9.28 Å². The molecule has 0 heterocycles. The summed E-state index contributed by atoms with van der Waals surface area (Å²) in [4.78, 5) is 11.1. The minimum atomic E-state index is -0.108. The first kappa shape index (κ1) is 14.5. The van der Waals surface area contributed by atoms with Gasteiger partial charge in [0.15, 0.2) is 0 Å². The van der Waals surface area contributed by atoms with E-state index in [4.69, 9.17) is 0 Å². The first-order valence-corrected chi connectivity index (χ1v) is 6.21. The average molecular weight is 247 g/mol. The van der Waals surface area contributed by atoms with Crippen molar-refractivity contribution in [3.8, 4) is 0 Å². The van der Waals surface area contributed by atoms with Crippen molar-refractivity contribution in [3.05, 3.63) is 48.6 Å². The summed E-state index contributed by atoms with van der Waals surface area (Å²) in [6.45, 7) is 4.12.